The van der Waals surface area contributed by atoms with E-state index in [0.717, 1.165) is 25.9 Å². The summed E-state index contributed by atoms with van der Waals surface area (Å²) in [4.78, 5) is 13.7. The van der Waals surface area contributed by atoms with Gasteiger partial charge < -0.3 is 10.2 Å². The van der Waals surface area contributed by atoms with Crippen molar-refractivity contribution in [1.29, 1.82) is 0 Å². The molecule has 3 heteroatoms. The van der Waals surface area contributed by atoms with Gasteiger partial charge in [-0.2, -0.15) is 0 Å². The molecule has 0 bridgehead atoms. The van der Waals surface area contributed by atoms with E-state index in [2.05, 4.69) is 33.0 Å². The Kier molecular flexibility index (Phi) is 6.57. The van der Waals surface area contributed by atoms with E-state index >= 15 is 0 Å². The van der Waals surface area contributed by atoms with Crippen molar-refractivity contribution in [3.05, 3.63) is 0 Å². The molecule has 0 atom stereocenters. The average molecular weight is 214 g/mol. The van der Waals surface area contributed by atoms with Crippen LogP contribution in [0.25, 0.3) is 0 Å². The number of unbranched alkanes of at least 4 members (excludes halogenated alkanes) is 1. The van der Waals surface area contributed by atoms with Crippen molar-refractivity contribution in [1.82, 2.24) is 10.2 Å². The molecular weight excluding hydrogens is 188 g/mol. The Hall–Kier alpha value is -0.570. The number of nitrogens with one attached hydrogen (secondary N) is 1. The Balaban J connectivity index is 3.94. The van der Waals surface area contributed by atoms with E-state index < -0.39 is 0 Å². The molecule has 0 saturated heterocycles. The van der Waals surface area contributed by atoms with Gasteiger partial charge in [0.25, 0.3) is 0 Å². The second-order valence-electron chi connectivity index (χ2n) is 4.93. The summed E-state index contributed by atoms with van der Waals surface area (Å²) in [7, 11) is 0. The fourth-order valence-electron chi connectivity index (χ4n) is 1.26. The van der Waals surface area contributed by atoms with E-state index in [1.807, 2.05) is 11.8 Å². The zero-order valence-corrected chi connectivity index (χ0v) is 10.9. The minimum atomic E-state index is 0.0137. The van der Waals surface area contributed by atoms with Crippen molar-refractivity contribution >= 4 is 5.91 Å². The van der Waals surface area contributed by atoms with Gasteiger partial charge in [-0.25, -0.2) is 0 Å². The Labute approximate surface area is 94.2 Å². The van der Waals surface area contributed by atoms with Gasteiger partial charge in [0.05, 0.1) is 6.54 Å². The van der Waals surface area contributed by atoms with Gasteiger partial charge in [-0.15, -0.1) is 0 Å². The van der Waals surface area contributed by atoms with Crippen molar-refractivity contribution < 1.29 is 4.79 Å². The third kappa shape index (κ3) is 7.37. The maximum absolute atomic E-state index is 11.8. The number of carbonyl (C=O) groups is 1. The van der Waals surface area contributed by atoms with E-state index in [-0.39, 0.29) is 11.4 Å². The van der Waals surface area contributed by atoms with Crippen LogP contribution in [0, 0.1) is 0 Å². The molecule has 0 rings (SSSR count). The fraction of sp³-hybridized carbons (Fsp3) is 0.917. The standard InChI is InChI=1S/C12H26N2O/c1-6-8-9-14(7-2)11(15)10-13-12(3,4)5/h13H,6-10H2,1-5H3. The summed E-state index contributed by atoms with van der Waals surface area (Å²) in [5.74, 6) is 0.209. The summed E-state index contributed by atoms with van der Waals surface area (Å²) >= 11 is 0. The molecule has 1 N–H and O–H groups in total. The Morgan fingerprint density at radius 2 is 1.87 bits per heavy atom. The van der Waals surface area contributed by atoms with E-state index in [1.54, 1.807) is 0 Å². The van der Waals surface area contributed by atoms with Gasteiger partial charge in [0, 0.05) is 18.6 Å². The van der Waals surface area contributed by atoms with E-state index in [1.165, 1.54) is 0 Å². The SMILES string of the molecule is CCCCN(CC)C(=O)CNC(C)(C)C. The van der Waals surface area contributed by atoms with Crippen LogP contribution in [0.3, 0.4) is 0 Å². The lowest BCUT2D eigenvalue weighted by Crippen LogP contribution is -2.45. The first-order valence-corrected chi connectivity index (χ1v) is 5.93. The van der Waals surface area contributed by atoms with Crippen molar-refractivity contribution in [3.63, 3.8) is 0 Å². The second kappa shape index (κ2) is 6.83. The number of hydrogen-bond donors (Lipinski definition) is 1. The van der Waals surface area contributed by atoms with Crippen LogP contribution < -0.4 is 5.32 Å². The highest BCUT2D eigenvalue weighted by atomic mass is 16.2. The summed E-state index contributed by atoms with van der Waals surface area (Å²) in [6, 6.07) is 0. The molecule has 0 aromatic heterocycles. The number of nitrogens with zero attached hydrogens (tertiary/aromatic N) is 1. The smallest absolute Gasteiger partial charge is 0.236 e. The average Bonchev–Trinajstić information content (AvgIpc) is 2.15. The van der Waals surface area contributed by atoms with Crippen LogP contribution in [0.4, 0.5) is 0 Å². The highest BCUT2D eigenvalue weighted by Gasteiger charge is 2.14. The first-order chi connectivity index (χ1) is 6.90. The summed E-state index contributed by atoms with van der Waals surface area (Å²) in [5.41, 5.74) is 0.0137. The summed E-state index contributed by atoms with van der Waals surface area (Å²) < 4.78 is 0. The van der Waals surface area contributed by atoms with Gasteiger partial charge in [-0.3, -0.25) is 4.79 Å². The van der Waals surface area contributed by atoms with Crippen molar-refractivity contribution in [2.24, 2.45) is 0 Å². The molecule has 0 aromatic carbocycles. The summed E-state index contributed by atoms with van der Waals surface area (Å²) in [6.45, 7) is 12.5. The minimum absolute atomic E-state index is 0.0137. The summed E-state index contributed by atoms with van der Waals surface area (Å²) in [6.07, 6.45) is 2.23. The molecule has 0 heterocycles. The monoisotopic (exact) mass is 214 g/mol. The molecular formula is C12H26N2O. The predicted octanol–water partition coefficient (Wildman–Crippen LogP) is 2.02. The maximum Gasteiger partial charge on any atom is 0.236 e. The first-order valence-electron chi connectivity index (χ1n) is 5.93. The quantitative estimate of drug-likeness (QED) is 0.733. The van der Waals surface area contributed by atoms with Crippen LogP contribution in [0.1, 0.15) is 47.5 Å². The lowest BCUT2D eigenvalue weighted by molar-refractivity contribution is -0.130. The molecule has 0 radical (unpaired) electrons. The molecule has 0 aliphatic heterocycles. The Morgan fingerprint density at radius 1 is 1.27 bits per heavy atom. The van der Waals surface area contributed by atoms with Gasteiger partial charge >= 0.3 is 0 Å². The van der Waals surface area contributed by atoms with E-state index in [4.69, 9.17) is 0 Å². The number of carbonyl (C=O) groups excluding carboxylic acids is 1. The highest BCUT2D eigenvalue weighted by molar-refractivity contribution is 5.78. The zero-order chi connectivity index (χ0) is 11.9. The van der Waals surface area contributed by atoms with Crippen LogP contribution in [0.15, 0.2) is 0 Å². The summed E-state index contributed by atoms with van der Waals surface area (Å²) in [5, 5.41) is 3.22. The number of likely N-dealkylation sites (N-methyl/N-ethyl adjacent to an activating group) is 1. The lowest BCUT2D eigenvalue weighted by atomic mass is 10.1. The predicted molar refractivity (Wildman–Crippen MR) is 64.9 cm³/mol. The fourth-order valence-corrected chi connectivity index (χ4v) is 1.26. The molecule has 3 nitrogen and oxygen atoms in total. The molecule has 15 heavy (non-hydrogen) atoms. The maximum atomic E-state index is 11.8. The molecule has 0 aliphatic carbocycles. The highest BCUT2D eigenvalue weighted by Crippen LogP contribution is 1.99. The van der Waals surface area contributed by atoms with Gasteiger partial charge in [0.1, 0.15) is 0 Å². The third-order valence-corrected chi connectivity index (χ3v) is 2.29. The van der Waals surface area contributed by atoms with Crippen LogP contribution >= 0.6 is 0 Å². The van der Waals surface area contributed by atoms with Crippen LogP contribution in [0.5, 0.6) is 0 Å². The molecule has 90 valence electrons. The van der Waals surface area contributed by atoms with Crippen molar-refractivity contribution in [3.8, 4) is 0 Å². The van der Waals surface area contributed by atoms with Gasteiger partial charge in [-0.1, -0.05) is 13.3 Å². The minimum Gasteiger partial charge on any atom is -0.342 e. The topological polar surface area (TPSA) is 32.3 Å². The number of amides is 1. The van der Waals surface area contributed by atoms with Crippen molar-refractivity contribution in [2.75, 3.05) is 19.6 Å². The van der Waals surface area contributed by atoms with E-state index in [0.29, 0.717) is 6.54 Å². The largest absolute Gasteiger partial charge is 0.342 e. The number of hydrogen-bond acceptors (Lipinski definition) is 2. The molecule has 0 unspecified atom stereocenters. The second-order valence-corrected chi connectivity index (χ2v) is 4.93. The molecule has 0 fully saturated rings. The molecule has 1 amide bonds. The number of rotatable bonds is 6. The van der Waals surface area contributed by atoms with Gasteiger partial charge in [-0.05, 0) is 34.1 Å². The van der Waals surface area contributed by atoms with E-state index in [9.17, 15) is 4.79 Å². The zero-order valence-electron chi connectivity index (χ0n) is 10.9. The molecule has 0 spiro atoms. The van der Waals surface area contributed by atoms with Gasteiger partial charge in [0.15, 0.2) is 0 Å². The lowest BCUT2D eigenvalue weighted by Gasteiger charge is -2.25. The first kappa shape index (κ1) is 14.4. The third-order valence-electron chi connectivity index (χ3n) is 2.29. The van der Waals surface area contributed by atoms with Crippen LogP contribution in [-0.2, 0) is 4.79 Å². The molecule has 0 aliphatic rings. The van der Waals surface area contributed by atoms with Crippen molar-refractivity contribution in [2.45, 2.75) is 53.0 Å². The Bertz CT molecular complexity index is 185. The molecule has 0 saturated carbocycles. The van der Waals surface area contributed by atoms with Gasteiger partial charge in [0.2, 0.25) is 5.91 Å². The van der Waals surface area contributed by atoms with Crippen LogP contribution in [-0.4, -0.2) is 36.0 Å². The normalized spacial score (nSPS) is 11.5. The Morgan fingerprint density at radius 3 is 2.27 bits per heavy atom. The molecule has 0 aromatic rings. The van der Waals surface area contributed by atoms with Crippen LogP contribution in [0.2, 0.25) is 0 Å².